The van der Waals surface area contributed by atoms with Crippen LogP contribution in [0.3, 0.4) is 0 Å². The van der Waals surface area contributed by atoms with E-state index in [1.807, 2.05) is 19.1 Å². The second-order valence-corrected chi connectivity index (χ2v) is 7.64. The number of amides is 1. The molecule has 0 aromatic carbocycles. The first-order valence-electron chi connectivity index (χ1n) is 10.4. The van der Waals surface area contributed by atoms with Crippen molar-refractivity contribution in [1.82, 2.24) is 19.9 Å². The van der Waals surface area contributed by atoms with Crippen LogP contribution in [0.2, 0.25) is 0 Å². The van der Waals surface area contributed by atoms with Crippen LogP contribution in [0.1, 0.15) is 29.0 Å². The van der Waals surface area contributed by atoms with Gasteiger partial charge in [-0.15, -0.1) is 0 Å². The van der Waals surface area contributed by atoms with Gasteiger partial charge in [0.25, 0.3) is 5.91 Å². The lowest BCUT2D eigenvalue weighted by atomic mass is 10.1. The highest BCUT2D eigenvalue weighted by molar-refractivity contribution is 6.06. The Morgan fingerprint density at radius 2 is 1.97 bits per heavy atom. The lowest BCUT2D eigenvalue weighted by molar-refractivity contribution is 0.102. The van der Waals surface area contributed by atoms with Gasteiger partial charge < -0.3 is 26.4 Å². The molecule has 1 aliphatic heterocycles. The molecule has 0 radical (unpaired) electrons. The Balaban J connectivity index is 1.64. The molecule has 5 N–H and O–H groups in total. The predicted molar refractivity (Wildman–Crippen MR) is 123 cm³/mol. The number of aromatic nitrogens is 4. The van der Waals surface area contributed by atoms with Crippen LogP contribution in [0.5, 0.6) is 5.75 Å². The van der Waals surface area contributed by atoms with E-state index < -0.39 is 5.91 Å². The minimum absolute atomic E-state index is 0.00914. The number of methoxy groups -OCH3 is 1. The minimum Gasteiger partial charge on any atom is -0.494 e. The Hall–Kier alpha value is -3.79. The van der Waals surface area contributed by atoms with E-state index >= 15 is 0 Å². The molecule has 32 heavy (non-hydrogen) atoms. The number of nitrogens with two attached hydrogens (primary N) is 2. The number of carbonyl (C=O) groups excluding carboxylic acids is 1. The molecular weight excluding hydrogens is 408 g/mol. The number of hydrogen-bond acceptors (Lipinski definition) is 9. The maximum absolute atomic E-state index is 13.1. The van der Waals surface area contributed by atoms with Crippen molar-refractivity contribution in [3.8, 4) is 17.1 Å². The second-order valence-electron chi connectivity index (χ2n) is 7.64. The Morgan fingerprint density at radius 3 is 2.72 bits per heavy atom. The van der Waals surface area contributed by atoms with Gasteiger partial charge in [0.15, 0.2) is 17.3 Å². The number of aryl methyl sites for hydroxylation is 1. The van der Waals surface area contributed by atoms with Crippen LogP contribution < -0.4 is 26.4 Å². The highest BCUT2D eigenvalue weighted by atomic mass is 16.5. The van der Waals surface area contributed by atoms with Crippen molar-refractivity contribution in [2.45, 2.75) is 25.8 Å². The molecule has 0 aliphatic carbocycles. The fourth-order valence-electron chi connectivity index (χ4n) is 3.63. The van der Waals surface area contributed by atoms with Gasteiger partial charge in [0.1, 0.15) is 17.1 Å². The van der Waals surface area contributed by atoms with Crippen LogP contribution in [0.4, 0.5) is 17.3 Å². The molecule has 3 aromatic rings. The minimum atomic E-state index is -0.500. The summed E-state index contributed by atoms with van der Waals surface area (Å²) in [6.45, 7) is 3.46. The van der Waals surface area contributed by atoms with Crippen molar-refractivity contribution in [1.29, 1.82) is 0 Å². The molecule has 10 heteroatoms. The number of rotatable bonds is 5. The largest absolute Gasteiger partial charge is 0.494 e. The van der Waals surface area contributed by atoms with Gasteiger partial charge in [-0.3, -0.25) is 9.78 Å². The molecule has 4 rings (SSSR count). The Labute approximate surface area is 186 Å². The highest BCUT2D eigenvalue weighted by Crippen LogP contribution is 2.29. The third-order valence-electron chi connectivity index (χ3n) is 5.37. The van der Waals surface area contributed by atoms with E-state index in [2.05, 4.69) is 30.2 Å². The van der Waals surface area contributed by atoms with E-state index in [0.717, 1.165) is 37.3 Å². The van der Waals surface area contributed by atoms with Crippen LogP contribution in [0, 0.1) is 6.92 Å². The Kier molecular flexibility index (Phi) is 6.13. The number of nitrogens with one attached hydrogen (secondary N) is 1. The number of hydrogen-bond donors (Lipinski definition) is 3. The first kappa shape index (κ1) is 21.4. The summed E-state index contributed by atoms with van der Waals surface area (Å²) in [5, 5.41) is 2.87. The first-order chi connectivity index (χ1) is 15.5. The summed E-state index contributed by atoms with van der Waals surface area (Å²) in [6, 6.07) is 7.58. The van der Waals surface area contributed by atoms with Crippen molar-refractivity contribution < 1.29 is 9.53 Å². The number of ether oxygens (including phenoxy) is 1. The van der Waals surface area contributed by atoms with Crippen LogP contribution in [-0.2, 0) is 0 Å². The zero-order valence-electron chi connectivity index (χ0n) is 18.1. The summed E-state index contributed by atoms with van der Waals surface area (Å²) in [6.07, 6.45) is 4.84. The zero-order chi connectivity index (χ0) is 22.7. The van der Waals surface area contributed by atoms with Crippen LogP contribution in [0.15, 0.2) is 36.7 Å². The van der Waals surface area contributed by atoms with Gasteiger partial charge in [0.2, 0.25) is 0 Å². The molecule has 166 valence electrons. The number of carbonyl (C=O) groups is 1. The quantitative estimate of drug-likeness (QED) is 0.549. The topological polar surface area (TPSA) is 145 Å². The fourth-order valence-corrected chi connectivity index (χ4v) is 3.63. The van der Waals surface area contributed by atoms with Crippen LogP contribution in [-0.4, -0.2) is 52.1 Å². The molecule has 0 spiro atoms. The summed E-state index contributed by atoms with van der Waals surface area (Å²) < 4.78 is 5.34. The normalized spacial score (nSPS) is 14.3. The van der Waals surface area contributed by atoms with Gasteiger partial charge in [-0.2, -0.15) is 0 Å². The number of nitrogens with zero attached hydrogens (tertiary/aromatic N) is 5. The molecule has 1 amide bonds. The summed E-state index contributed by atoms with van der Waals surface area (Å²) in [4.78, 5) is 32.7. The Bertz CT molecular complexity index is 1130. The molecule has 0 unspecified atom stereocenters. The second kappa shape index (κ2) is 9.15. The van der Waals surface area contributed by atoms with E-state index in [1.165, 1.54) is 13.3 Å². The standard InChI is InChI=1S/C22H26N8O2/c1-13-5-6-16(30-10-7-14(23)8-11-30)21(27-13)29-22(31)19-20(24)26-12-15(28-19)18-17(32-2)4-3-9-25-18/h3-6,9,12,14H,7-8,10-11,23H2,1-2H3,(H2,24,26)(H,27,29,31). The molecule has 1 aliphatic rings. The van der Waals surface area contributed by atoms with Crippen LogP contribution >= 0.6 is 0 Å². The molecule has 4 heterocycles. The molecular formula is C22H26N8O2. The number of anilines is 3. The lowest BCUT2D eigenvalue weighted by Gasteiger charge is -2.33. The average molecular weight is 435 g/mol. The average Bonchev–Trinajstić information content (AvgIpc) is 2.80. The van der Waals surface area contributed by atoms with E-state index in [1.54, 1.807) is 18.3 Å². The van der Waals surface area contributed by atoms with E-state index in [0.29, 0.717) is 23.0 Å². The summed E-state index contributed by atoms with van der Waals surface area (Å²) in [5.41, 5.74) is 14.5. The lowest BCUT2D eigenvalue weighted by Crippen LogP contribution is -2.40. The molecule has 1 fully saturated rings. The van der Waals surface area contributed by atoms with Crippen molar-refractivity contribution in [2.75, 3.05) is 36.1 Å². The molecule has 0 saturated carbocycles. The van der Waals surface area contributed by atoms with Crippen molar-refractivity contribution in [3.05, 3.63) is 48.0 Å². The van der Waals surface area contributed by atoms with Gasteiger partial charge in [-0.05, 0) is 44.0 Å². The van der Waals surface area contributed by atoms with Gasteiger partial charge in [-0.1, -0.05) is 0 Å². The predicted octanol–water partition coefficient (Wildman–Crippen LogP) is 2.01. The highest BCUT2D eigenvalue weighted by Gasteiger charge is 2.23. The zero-order valence-corrected chi connectivity index (χ0v) is 18.1. The van der Waals surface area contributed by atoms with E-state index in [4.69, 9.17) is 16.2 Å². The molecule has 0 atom stereocenters. The molecule has 0 bridgehead atoms. The monoisotopic (exact) mass is 434 g/mol. The summed E-state index contributed by atoms with van der Waals surface area (Å²) >= 11 is 0. The Morgan fingerprint density at radius 1 is 1.19 bits per heavy atom. The molecule has 1 saturated heterocycles. The third kappa shape index (κ3) is 4.45. The maximum atomic E-state index is 13.1. The summed E-state index contributed by atoms with van der Waals surface area (Å²) in [5.74, 6) is 0.482. The third-order valence-corrected chi connectivity index (χ3v) is 5.37. The molecule has 3 aromatic heterocycles. The molecule has 10 nitrogen and oxygen atoms in total. The fraction of sp³-hybridized carbons (Fsp3) is 0.318. The smallest absolute Gasteiger partial charge is 0.279 e. The van der Waals surface area contributed by atoms with Crippen molar-refractivity contribution >= 4 is 23.2 Å². The van der Waals surface area contributed by atoms with Gasteiger partial charge in [-0.25, -0.2) is 15.0 Å². The first-order valence-corrected chi connectivity index (χ1v) is 10.4. The maximum Gasteiger partial charge on any atom is 0.279 e. The van der Waals surface area contributed by atoms with Gasteiger partial charge in [0, 0.05) is 31.0 Å². The number of piperidine rings is 1. The van der Waals surface area contributed by atoms with E-state index in [-0.39, 0.29) is 17.6 Å². The van der Waals surface area contributed by atoms with Crippen molar-refractivity contribution in [2.24, 2.45) is 5.73 Å². The van der Waals surface area contributed by atoms with Gasteiger partial charge >= 0.3 is 0 Å². The summed E-state index contributed by atoms with van der Waals surface area (Å²) in [7, 11) is 1.54. The van der Waals surface area contributed by atoms with Crippen LogP contribution in [0.25, 0.3) is 11.4 Å². The SMILES string of the molecule is COc1cccnc1-c1cnc(N)c(C(=O)Nc2nc(C)ccc2N2CCC(N)CC2)n1. The number of nitrogen functional groups attached to an aromatic ring is 1. The van der Waals surface area contributed by atoms with Crippen molar-refractivity contribution in [3.63, 3.8) is 0 Å². The van der Waals surface area contributed by atoms with Gasteiger partial charge in [0.05, 0.1) is 19.0 Å². The van der Waals surface area contributed by atoms with E-state index in [9.17, 15) is 4.79 Å². The number of pyridine rings is 2.